The smallest absolute Gasteiger partial charge is 0.227 e. The third-order valence-electron chi connectivity index (χ3n) is 4.71. The maximum absolute atomic E-state index is 5.43. The van der Waals surface area contributed by atoms with Crippen molar-refractivity contribution in [2.75, 3.05) is 7.11 Å². The average Bonchev–Trinajstić information content (AvgIpc) is 3.14. The molecule has 0 aromatic carbocycles. The number of aromatic nitrogens is 3. The molecule has 2 saturated heterocycles. The summed E-state index contributed by atoms with van der Waals surface area (Å²) in [6.45, 7) is 0. The van der Waals surface area contributed by atoms with Crippen LogP contribution in [0.4, 0.5) is 0 Å². The van der Waals surface area contributed by atoms with Crippen LogP contribution in [-0.4, -0.2) is 34.3 Å². The fraction of sp³-hybridized carbons (Fsp3) is 0.562. The van der Waals surface area contributed by atoms with Gasteiger partial charge in [-0.1, -0.05) is 5.16 Å². The molecule has 2 aliphatic rings. The van der Waals surface area contributed by atoms with Gasteiger partial charge in [0, 0.05) is 36.3 Å². The zero-order valence-electron chi connectivity index (χ0n) is 12.7. The average molecular weight is 300 g/mol. The fourth-order valence-corrected chi connectivity index (χ4v) is 3.68. The number of fused-ring (bicyclic) bond motifs is 2. The molecule has 0 amide bonds. The summed E-state index contributed by atoms with van der Waals surface area (Å²) in [4.78, 5) is 8.70. The van der Waals surface area contributed by atoms with Gasteiger partial charge in [0.25, 0.3) is 0 Å². The molecule has 4 heterocycles. The first-order valence-electron chi connectivity index (χ1n) is 7.89. The number of nitrogens with zero attached hydrogens (tertiary/aromatic N) is 3. The number of rotatable bonds is 4. The SMILES string of the molecule is COc1ccc(-c2noc(CC3CC4CCC(C3)N4)n2)cn1. The molecule has 2 atom stereocenters. The van der Waals surface area contributed by atoms with Crippen molar-refractivity contribution in [3.8, 4) is 17.3 Å². The van der Waals surface area contributed by atoms with Crippen molar-refractivity contribution in [1.29, 1.82) is 0 Å². The number of pyridine rings is 1. The Morgan fingerprint density at radius 1 is 1.27 bits per heavy atom. The van der Waals surface area contributed by atoms with Gasteiger partial charge in [-0.25, -0.2) is 4.98 Å². The van der Waals surface area contributed by atoms with Crippen LogP contribution in [0.1, 0.15) is 31.6 Å². The van der Waals surface area contributed by atoms with Crippen molar-refractivity contribution in [3.05, 3.63) is 24.2 Å². The van der Waals surface area contributed by atoms with Crippen LogP contribution < -0.4 is 10.1 Å². The van der Waals surface area contributed by atoms with E-state index in [1.807, 2.05) is 6.07 Å². The maximum Gasteiger partial charge on any atom is 0.227 e. The van der Waals surface area contributed by atoms with Gasteiger partial charge in [-0.15, -0.1) is 0 Å². The Hall–Kier alpha value is -1.95. The first-order chi connectivity index (χ1) is 10.8. The molecule has 2 aromatic heterocycles. The van der Waals surface area contributed by atoms with E-state index in [9.17, 15) is 0 Å². The van der Waals surface area contributed by atoms with Crippen LogP contribution in [0.25, 0.3) is 11.4 Å². The highest BCUT2D eigenvalue weighted by molar-refractivity contribution is 5.52. The molecular formula is C16H20N4O2. The van der Waals surface area contributed by atoms with Crippen molar-refractivity contribution in [3.63, 3.8) is 0 Å². The van der Waals surface area contributed by atoms with Crippen LogP contribution in [-0.2, 0) is 6.42 Å². The Kier molecular flexibility index (Phi) is 3.54. The van der Waals surface area contributed by atoms with Gasteiger partial charge in [0.1, 0.15) is 0 Å². The number of methoxy groups -OCH3 is 1. The zero-order valence-corrected chi connectivity index (χ0v) is 12.7. The topological polar surface area (TPSA) is 73.1 Å². The van der Waals surface area contributed by atoms with Crippen LogP contribution >= 0.6 is 0 Å². The molecule has 2 unspecified atom stereocenters. The Morgan fingerprint density at radius 2 is 2.09 bits per heavy atom. The summed E-state index contributed by atoms with van der Waals surface area (Å²) in [5.74, 6) is 2.57. The van der Waals surface area contributed by atoms with E-state index in [-0.39, 0.29) is 0 Å². The Balaban J connectivity index is 1.44. The molecule has 2 aromatic rings. The standard InChI is InChI=1S/C16H20N4O2/c1-21-14-5-2-11(9-17-14)16-19-15(22-20-16)8-10-6-12-3-4-13(7-10)18-12/h2,5,9-10,12-13,18H,3-4,6-8H2,1H3. The van der Waals surface area contributed by atoms with Crippen LogP contribution in [0.15, 0.2) is 22.9 Å². The monoisotopic (exact) mass is 300 g/mol. The number of piperidine rings is 1. The lowest BCUT2D eigenvalue weighted by Crippen LogP contribution is -2.38. The molecule has 1 N–H and O–H groups in total. The summed E-state index contributed by atoms with van der Waals surface area (Å²) in [7, 11) is 1.60. The quantitative estimate of drug-likeness (QED) is 0.933. The van der Waals surface area contributed by atoms with Crippen LogP contribution in [0.5, 0.6) is 5.88 Å². The van der Waals surface area contributed by atoms with Crippen molar-refractivity contribution in [1.82, 2.24) is 20.4 Å². The van der Waals surface area contributed by atoms with Crippen LogP contribution in [0, 0.1) is 5.92 Å². The number of nitrogens with one attached hydrogen (secondary N) is 1. The van der Waals surface area contributed by atoms with E-state index in [0.717, 1.165) is 17.9 Å². The minimum Gasteiger partial charge on any atom is -0.481 e. The summed E-state index contributed by atoms with van der Waals surface area (Å²) >= 11 is 0. The van der Waals surface area contributed by atoms with Gasteiger partial charge in [-0.05, 0) is 37.7 Å². The number of ether oxygens (including phenoxy) is 1. The normalized spacial score (nSPS) is 27.0. The van der Waals surface area contributed by atoms with Crippen LogP contribution in [0.2, 0.25) is 0 Å². The Labute approximate surface area is 129 Å². The lowest BCUT2D eigenvalue weighted by molar-refractivity contribution is 0.270. The summed E-state index contributed by atoms with van der Waals surface area (Å²) < 4.78 is 10.5. The first-order valence-corrected chi connectivity index (χ1v) is 7.89. The van der Waals surface area contributed by atoms with Gasteiger partial charge < -0.3 is 14.6 Å². The van der Waals surface area contributed by atoms with Crippen molar-refractivity contribution < 1.29 is 9.26 Å². The lowest BCUT2D eigenvalue weighted by atomic mass is 9.90. The molecule has 22 heavy (non-hydrogen) atoms. The molecule has 0 saturated carbocycles. The maximum atomic E-state index is 5.43. The molecule has 4 rings (SSSR count). The second-order valence-electron chi connectivity index (χ2n) is 6.28. The molecule has 116 valence electrons. The Bertz CT molecular complexity index is 628. The van der Waals surface area contributed by atoms with E-state index in [1.165, 1.54) is 25.7 Å². The van der Waals surface area contributed by atoms with Gasteiger partial charge in [0.2, 0.25) is 17.6 Å². The molecule has 0 spiro atoms. The highest BCUT2D eigenvalue weighted by Crippen LogP contribution is 2.32. The van der Waals surface area contributed by atoms with E-state index >= 15 is 0 Å². The zero-order chi connectivity index (χ0) is 14.9. The van der Waals surface area contributed by atoms with Gasteiger partial charge in [-0.2, -0.15) is 4.98 Å². The second-order valence-corrected chi connectivity index (χ2v) is 6.28. The number of hydrogen-bond acceptors (Lipinski definition) is 6. The molecule has 6 heteroatoms. The van der Waals surface area contributed by atoms with Gasteiger partial charge in [0.15, 0.2) is 0 Å². The van der Waals surface area contributed by atoms with Crippen molar-refractivity contribution in [2.45, 2.75) is 44.2 Å². The summed E-state index contributed by atoms with van der Waals surface area (Å²) in [6, 6.07) is 5.08. The molecular weight excluding hydrogens is 280 g/mol. The van der Waals surface area contributed by atoms with E-state index < -0.39 is 0 Å². The highest BCUT2D eigenvalue weighted by Gasteiger charge is 2.34. The third-order valence-corrected chi connectivity index (χ3v) is 4.71. The molecule has 0 radical (unpaired) electrons. The second kappa shape index (κ2) is 5.68. The fourth-order valence-electron chi connectivity index (χ4n) is 3.68. The van der Waals surface area contributed by atoms with Gasteiger partial charge in [0.05, 0.1) is 7.11 Å². The first kappa shape index (κ1) is 13.7. The molecule has 0 aliphatic carbocycles. The lowest BCUT2D eigenvalue weighted by Gasteiger charge is -2.27. The largest absolute Gasteiger partial charge is 0.481 e. The molecule has 2 bridgehead atoms. The van der Waals surface area contributed by atoms with Crippen molar-refractivity contribution in [2.24, 2.45) is 5.92 Å². The minimum atomic E-state index is 0.581. The predicted octanol–water partition coefficient (Wildman–Crippen LogP) is 2.21. The van der Waals surface area contributed by atoms with E-state index in [0.29, 0.717) is 29.7 Å². The summed E-state index contributed by atoms with van der Waals surface area (Å²) in [5, 5.41) is 7.74. The molecule has 2 aliphatic heterocycles. The van der Waals surface area contributed by atoms with E-state index in [1.54, 1.807) is 19.4 Å². The summed E-state index contributed by atoms with van der Waals surface area (Å²) in [6.07, 6.45) is 7.65. The van der Waals surface area contributed by atoms with Crippen molar-refractivity contribution >= 4 is 0 Å². The minimum absolute atomic E-state index is 0.581. The van der Waals surface area contributed by atoms with Gasteiger partial charge in [-0.3, -0.25) is 0 Å². The number of hydrogen-bond donors (Lipinski definition) is 1. The predicted molar refractivity (Wildman–Crippen MR) is 80.5 cm³/mol. The highest BCUT2D eigenvalue weighted by atomic mass is 16.5. The third kappa shape index (κ3) is 2.70. The van der Waals surface area contributed by atoms with E-state index in [2.05, 4.69) is 20.4 Å². The molecule has 6 nitrogen and oxygen atoms in total. The van der Waals surface area contributed by atoms with Crippen LogP contribution in [0.3, 0.4) is 0 Å². The summed E-state index contributed by atoms with van der Waals surface area (Å²) in [5.41, 5.74) is 0.848. The Morgan fingerprint density at radius 3 is 2.77 bits per heavy atom. The van der Waals surface area contributed by atoms with Gasteiger partial charge >= 0.3 is 0 Å². The van der Waals surface area contributed by atoms with E-state index in [4.69, 9.17) is 9.26 Å². The molecule has 2 fully saturated rings.